The van der Waals surface area contributed by atoms with Crippen molar-refractivity contribution in [1.29, 1.82) is 0 Å². The van der Waals surface area contributed by atoms with Crippen molar-refractivity contribution in [3.63, 3.8) is 0 Å². The highest BCUT2D eigenvalue weighted by atomic mass is 32.1. The van der Waals surface area contributed by atoms with E-state index in [1.165, 1.54) is 23.3 Å². The number of hydrogen-bond acceptors (Lipinski definition) is 4. The van der Waals surface area contributed by atoms with Gasteiger partial charge in [-0.25, -0.2) is 4.98 Å². The van der Waals surface area contributed by atoms with E-state index in [2.05, 4.69) is 10.3 Å². The SMILES string of the molecule is CCNC1CCCc2sc(N(C)CC(F)(F)F)nc21. The minimum Gasteiger partial charge on any atom is -0.342 e. The molecule has 0 aromatic carbocycles. The molecule has 3 nitrogen and oxygen atoms in total. The molecule has 1 N–H and O–H groups in total. The Morgan fingerprint density at radius 3 is 2.84 bits per heavy atom. The molecule has 1 aromatic rings. The lowest BCUT2D eigenvalue weighted by molar-refractivity contribution is -0.119. The van der Waals surface area contributed by atoms with E-state index in [9.17, 15) is 13.2 Å². The molecule has 1 aliphatic rings. The minimum absolute atomic E-state index is 0.193. The van der Waals surface area contributed by atoms with E-state index in [-0.39, 0.29) is 6.04 Å². The van der Waals surface area contributed by atoms with Crippen molar-refractivity contribution in [3.05, 3.63) is 10.6 Å². The van der Waals surface area contributed by atoms with Gasteiger partial charge in [-0.05, 0) is 25.8 Å². The van der Waals surface area contributed by atoms with Gasteiger partial charge in [0.15, 0.2) is 5.13 Å². The van der Waals surface area contributed by atoms with Crippen LogP contribution < -0.4 is 10.2 Å². The van der Waals surface area contributed by atoms with E-state index in [1.54, 1.807) is 0 Å². The summed E-state index contributed by atoms with van der Waals surface area (Å²) in [7, 11) is 1.44. The first-order valence-electron chi connectivity index (χ1n) is 6.41. The van der Waals surface area contributed by atoms with Gasteiger partial charge in [-0.1, -0.05) is 6.92 Å². The zero-order valence-corrected chi connectivity index (χ0v) is 11.9. The summed E-state index contributed by atoms with van der Waals surface area (Å²) in [5, 5.41) is 3.81. The molecule has 7 heteroatoms. The third-order valence-corrected chi connectivity index (χ3v) is 4.38. The van der Waals surface area contributed by atoms with Crippen molar-refractivity contribution < 1.29 is 13.2 Å². The zero-order chi connectivity index (χ0) is 14.0. The molecule has 0 amide bonds. The number of anilines is 1. The molecular formula is C12H18F3N3S. The Bertz CT molecular complexity index is 430. The second-order valence-electron chi connectivity index (χ2n) is 4.78. The predicted molar refractivity (Wildman–Crippen MR) is 70.8 cm³/mol. The molecule has 1 heterocycles. The zero-order valence-electron chi connectivity index (χ0n) is 11.0. The smallest absolute Gasteiger partial charge is 0.342 e. The van der Waals surface area contributed by atoms with Crippen LogP contribution in [0.5, 0.6) is 0 Å². The van der Waals surface area contributed by atoms with Crippen LogP contribution in [0.1, 0.15) is 36.4 Å². The van der Waals surface area contributed by atoms with Crippen molar-refractivity contribution in [3.8, 4) is 0 Å². The van der Waals surface area contributed by atoms with Crippen molar-refractivity contribution in [1.82, 2.24) is 10.3 Å². The first kappa shape index (κ1) is 14.6. The highest BCUT2D eigenvalue weighted by Crippen LogP contribution is 2.36. The Morgan fingerprint density at radius 2 is 2.21 bits per heavy atom. The molecule has 0 fully saturated rings. The molecule has 1 aliphatic carbocycles. The minimum atomic E-state index is -4.19. The maximum Gasteiger partial charge on any atom is 0.405 e. The summed E-state index contributed by atoms with van der Waals surface area (Å²) in [5.41, 5.74) is 0.946. The van der Waals surface area contributed by atoms with Crippen LogP contribution >= 0.6 is 11.3 Å². The summed E-state index contributed by atoms with van der Waals surface area (Å²) in [5.74, 6) is 0. The van der Waals surface area contributed by atoms with Gasteiger partial charge in [0.1, 0.15) is 6.54 Å². The molecule has 0 aliphatic heterocycles. The van der Waals surface area contributed by atoms with Gasteiger partial charge in [-0.15, -0.1) is 11.3 Å². The maximum absolute atomic E-state index is 12.4. The summed E-state index contributed by atoms with van der Waals surface area (Å²) >= 11 is 1.39. The van der Waals surface area contributed by atoms with Crippen molar-refractivity contribution in [2.24, 2.45) is 0 Å². The van der Waals surface area contributed by atoms with E-state index in [1.807, 2.05) is 6.92 Å². The summed E-state index contributed by atoms with van der Waals surface area (Å²) < 4.78 is 37.2. The van der Waals surface area contributed by atoms with Gasteiger partial charge in [-0.3, -0.25) is 0 Å². The number of nitrogens with one attached hydrogen (secondary N) is 1. The predicted octanol–water partition coefficient (Wildman–Crippen LogP) is 3.13. The standard InChI is InChI=1S/C12H18F3N3S/c1-3-16-8-5-4-6-9-10(8)17-11(19-9)18(2)7-12(13,14)15/h8,16H,3-7H2,1-2H3. The Morgan fingerprint density at radius 1 is 1.47 bits per heavy atom. The number of aromatic nitrogens is 1. The summed E-state index contributed by atoms with van der Waals surface area (Å²) in [6.07, 6.45) is -1.20. The first-order valence-corrected chi connectivity index (χ1v) is 7.23. The van der Waals surface area contributed by atoms with Crippen LogP contribution in [0, 0.1) is 0 Å². The van der Waals surface area contributed by atoms with E-state index in [0.29, 0.717) is 5.13 Å². The number of thiazole rings is 1. The number of rotatable bonds is 4. The molecule has 1 atom stereocenters. The molecule has 0 saturated carbocycles. The highest BCUT2D eigenvalue weighted by Gasteiger charge is 2.32. The molecule has 19 heavy (non-hydrogen) atoms. The second-order valence-corrected chi connectivity index (χ2v) is 5.84. The lowest BCUT2D eigenvalue weighted by atomic mass is 9.98. The van der Waals surface area contributed by atoms with Crippen molar-refractivity contribution in [2.75, 3.05) is 25.0 Å². The van der Waals surface area contributed by atoms with Crippen LogP contribution in [-0.4, -0.2) is 31.3 Å². The molecule has 108 valence electrons. The third kappa shape index (κ3) is 3.60. The Hall–Kier alpha value is -0.820. The normalized spacial score (nSPS) is 19.3. The fourth-order valence-corrected chi connectivity index (χ4v) is 3.47. The molecule has 1 unspecified atom stereocenters. The average Bonchev–Trinajstić information content (AvgIpc) is 2.72. The Balaban J connectivity index is 2.16. The molecule has 0 saturated heterocycles. The molecule has 2 rings (SSSR count). The maximum atomic E-state index is 12.4. The fraction of sp³-hybridized carbons (Fsp3) is 0.750. The highest BCUT2D eigenvalue weighted by molar-refractivity contribution is 7.15. The van der Waals surface area contributed by atoms with Crippen LogP contribution in [-0.2, 0) is 6.42 Å². The van der Waals surface area contributed by atoms with Gasteiger partial charge in [0.2, 0.25) is 0 Å². The second kappa shape index (κ2) is 5.66. The third-order valence-electron chi connectivity index (χ3n) is 3.14. The first-order chi connectivity index (χ1) is 8.90. The van der Waals surface area contributed by atoms with Gasteiger partial charge < -0.3 is 10.2 Å². The Labute approximate surface area is 114 Å². The topological polar surface area (TPSA) is 28.2 Å². The van der Waals surface area contributed by atoms with Crippen LogP contribution in [0.15, 0.2) is 0 Å². The average molecular weight is 293 g/mol. The number of alkyl halides is 3. The van der Waals surface area contributed by atoms with Crippen molar-refractivity contribution in [2.45, 2.75) is 38.4 Å². The summed E-state index contributed by atoms with van der Waals surface area (Å²) in [4.78, 5) is 6.73. The quantitative estimate of drug-likeness (QED) is 0.924. The van der Waals surface area contributed by atoms with Gasteiger partial charge in [0.05, 0.1) is 11.7 Å². The van der Waals surface area contributed by atoms with Crippen LogP contribution in [0.3, 0.4) is 0 Å². The largest absolute Gasteiger partial charge is 0.405 e. The summed E-state index contributed by atoms with van der Waals surface area (Å²) in [6, 6.07) is 0.193. The molecular weight excluding hydrogens is 275 g/mol. The van der Waals surface area contributed by atoms with Gasteiger partial charge in [-0.2, -0.15) is 13.2 Å². The van der Waals surface area contributed by atoms with Crippen LogP contribution in [0.4, 0.5) is 18.3 Å². The number of fused-ring (bicyclic) bond motifs is 1. The number of aryl methyl sites for hydroxylation is 1. The number of halogens is 3. The van der Waals surface area contributed by atoms with Gasteiger partial charge >= 0.3 is 6.18 Å². The van der Waals surface area contributed by atoms with E-state index in [0.717, 1.165) is 36.4 Å². The molecule has 0 bridgehead atoms. The Kier molecular flexibility index (Phi) is 4.35. The lowest BCUT2D eigenvalue weighted by Gasteiger charge is -2.21. The van der Waals surface area contributed by atoms with Crippen LogP contribution in [0.2, 0.25) is 0 Å². The van der Waals surface area contributed by atoms with E-state index < -0.39 is 12.7 Å². The molecule has 1 aromatic heterocycles. The van der Waals surface area contributed by atoms with Crippen molar-refractivity contribution >= 4 is 16.5 Å². The lowest BCUT2D eigenvalue weighted by Crippen LogP contribution is -2.31. The monoisotopic (exact) mass is 293 g/mol. The summed E-state index contributed by atoms with van der Waals surface area (Å²) in [6.45, 7) is 1.91. The van der Waals surface area contributed by atoms with Gasteiger partial charge in [0, 0.05) is 11.9 Å². The van der Waals surface area contributed by atoms with Gasteiger partial charge in [0.25, 0.3) is 0 Å². The fourth-order valence-electron chi connectivity index (χ4n) is 2.35. The van der Waals surface area contributed by atoms with E-state index in [4.69, 9.17) is 0 Å². The number of hydrogen-bond donors (Lipinski definition) is 1. The number of nitrogens with zero attached hydrogens (tertiary/aromatic N) is 2. The molecule has 0 radical (unpaired) electrons. The van der Waals surface area contributed by atoms with E-state index >= 15 is 0 Å². The molecule has 0 spiro atoms. The van der Waals surface area contributed by atoms with Crippen LogP contribution in [0.25, 0.3) is 0 Å².